The normalized spacial score (nSPS) is 13.0. The minimum absolute atomic E-state index is 0.00363. The van der Waals surface area contributed by atoms with E-state index < -0.39 is 16.1 Å². The molecule has 0 saturated carbocycles. The van der Waals surface area contributed by atoms with Gasteiger partial charge in [-0.15, -0.1) is 0 Å². The van der Waals surface area contributed by atoms with Crippen LogP contribution in [0.2, 0.25) is 0 Å². The molecule has 0 bridgehead atoms. The van der Waals surface area contributed by atoms with Gasteiger partial charge in [-0.05, 0) is 36.1 Å². The molecule has 0 aliphatic rings. The topological polar surface area (TPSA) is 66.4 Å². The molecule has 0 spiro atoms. The zero-order valence-electron chi connectivity index (χ0n) is 12.7. The number of sulfonamides is 1. The molecule has 0 aromatic heterocycles. The third kappa shape index (κ3) is 6.09. The molecule has 0 aliphatic heterocycles. The summed E-state index contributed by atoms with van der Waals surface area (Å²) in [6.45, 7) is 0.135. The predicted molar refractivity (Wildman–Crippen MR) is 87.9 cm³/mol. The van der Waals surface area contributed by atoms with Crippen LogP contribution in [0.1, 0.15) is 23.7 Å². The van der Waals surface area contributed by atoms with Crippen molar-refractivity contribution < 1.29 is 17.9 Å². The van der Waals surface area contributed by atoms with Crippen LogP contribution in [0.3, 0.4) is 0 Å². The van der Waals surface area contributed by atoms with Crippen molar-refractivity contribution in [3.05, 3.63) is 71.5 Å². The first kappa shape index (κ1) is 17.6. The molecule has 0 fully saturated rings. The van der Waals surface area contributed by atoms with E-state index in [4.69, 9.17) is 0 Å². The lowest BCUT2D eigenvalue weighted by atomic mass is 10.1. The highest BCUT2D eigenvalue weighted by Crippen LogP contribution is 2.16. The molecule has 0 aliphatic carbocycles. The minimum Gasteiger partial charge on any atom is -0.388 e. The summed E-state index contributed by atoms with van der Waals surface area (Å²) in [5.74, 6) is -0.369. The van der Waals surface area contributed by atoms with Gasteiger partial charge in [0, 0.05) is 6.54 Å². The van der Waals surface area contributed by atoms with E-state index in [2.05, 4.69) is 4.72 Å². The number of benzene rings is 2. The summed E-state index contributed by atoms with van der Waals surface area (Å²) in [5.41, 5.74) is 1.53. The second-order valence-corrected chi connectivity index (χ2v) is 7.23. The number of aliphatic hydroxyl groups excluding tert-OH is 1. The third-order valence-corrected chi connectivity index (χ3v) is 4.88. The van der Waals surface area contributed by atoms with Crippen LogP contribution >= 0.6 is 0 Å². The maximum Gasteiger partial charge on any atom is 0.211 e. The number of hydrogen-bond donors (Lipinski definition) is 2. The SMILES string of the molecule is O=S(=O)(CCc1ccccc1)NCCC(O)c1ccc(F)cc1. The highest BCUT2D eigenvalue weighted by atomic mass is 32.2. The molecule has 0 heterocycles. The van der Waals surface area contributed by atoms with Crippen molar-refractivity contribution in [2.24, 2.45) is 0 Å². The lowest BCUT2D eigenvalue weighted by molar-refractivity contribution is 0.169. The Balaban J connectivity index is 1.77. The van der Waals surface area contributed by atoms with E-state index in [0.717, 1.165) is 5.56 Å². The van der Waals surface area contributed by atoms with Crippen molar-refractivity contribution in [3.63, 3.8) is 0 Å². The molecular formula is C17H20FNO3S. The Kier molecular flexibility index (Phi) is 6.27. The Morgan fingerprint density at radius 1 is 1.04 bits per heavy atom. The fraction of sp³-hybridized carbons (Fsp3) is 0.294. The van der Waals surface area contributed by atoms with Crippen LogP contribution in [0.15, 0.2) is 54.6 Å². The van der Waals surface area contributed by atoms with Crippen LogP contribution in [0.25, 0.3) is 0 Å². The van der Waals surface area contributed by atoms with Crippen molar-refractivity contribution >= 4 is 10.0 Å². The summed E-state index contributed by atoms with van der Waals surface area (Å²) in [6.07, 6.45) is -0.153. The van der Waals surface area contributed by atoms with Gasteiger partial charge in [-0.3, -0.25) is 0 Å². The van der Waals surface area contributed by atoms with Crippen molar-refractivity contribution in [2.75, 3.05) is 12.3 Å². The van der Waals surface area contributed by atoms with E-state index >= 15 is 0 Å². The van der Waals surface area contributed by atoms with Crippen molar-refractivity contribution in [3.8, 4) is 0 Å². The second kappa shape index (κ2) is 8.19. The fourth-order valence-electron chi connectivity index (χ4n) is 2.17. The fourth-order valence-corrected chi connectivity index (χ4v) is 3.25. The summed E-state index contributed by atoms with van der Waals surface area (Å²) in [4.78, 5) is 0. The Labute approximate surface area is 136 Å². The van der Waals surface area contributed by atoms with Crippen LogP contribution in [0, 0.1) is 5.82 Å². The average Bonchev–Trinajstić information content (AvgIpc) is 2.54. The molecule has 1 atom stereocenters. The molecule has 2 aromatic carbocycles. The van der Waals surface area contributed by atoms with Crippen LogP contribution in [-0.2, 0) is 16.4 Å². The quantitative estimate of drug-likeness (QED) is 0.777. The number of hydrogen-bond acceptors (Lipinski definition) is 3. The Morgan fingerprint density at radius 2 is 1.70 bits per heavy atom. The van der Waals surface area contributed by atoms with E-state index in [9.17, 15) is 17.9 Å². The minimum atomic E-state index is -3.39. The zero-order chi connectivity index (χ0) is 16.7. The van der Waals surface area contributed by atoms with Gasteiger partial charge in [-0.25, -0.2) is 17.5 Å². The third-order valence-electron chi connectivity index (χ3n) is 3.50. The first-order valence-corrected chi connectivity index (χ1v) is 9.06. The largest absolute Gasteiger partial charge is 0.388 e. The average molecular weight is 337 g/mol. The number of nitrogens with one attached hydrogen (secondary N) is 1. The summed E-state index contributed by atoms with van der Waals surface area (Å²) < 4.78 is 39.1. The molecule has 2 rings (SSSR count). The molecule has 6 heteroatoms. The van der Waals surface area contributed by atoms with Gasteiger partial charge in [0.1, 0.15) is 5.82 Å². The molecule has 0 saturated heterocycles. The molecule has 1 unspecified atom stereocenters. The summed E-state index contributed by atoms with van der Waals surface area (Å²) >= 11 is 0. The molecule has 124 valence electrons. The molecule has 2 aromatic rings. The summed E-state index contributed by atoms with van der Waals surface area (Å²) in [6, 6.07) is 14.9. The molecule has 4 nitrogen and oxygen atoms in total. The van der Waals surface area contributed by atoms with E-state index in [1.165, 1.54) is 24.3 Å². The van der Waals surface area contributed by atoms with E-state index in [1.54, 1.807) is 0 Å². The molecule has 2 N–H and O–H groups in total. The molecule has 0 amide bonds. The monoisotopic (exact) mass is 337 g/mol. The molecular weight excluding hydrogens is 317 g/mol. The van der Waals surface area contributed by atoms with Gasteiger partial charge >= 0.3 is 0 Å². The van der Waals surface area contributed by atoms with Gasteiger partial charge in [0.15, 0.2) is 0 Å². The predicted octanol–water partition coefficient (Wildman–Crippen LogP) is 2.41. The van der Waals surface area contributed by atoms with Crippen molar-refractivity contribution in [1.82, 2.24) is 4.72 Å². The van der Waals surface area contributed by atoms with Gasteiger partial charge in [0.25, 0.3) is 0 Å². The molecule has 0 radical (unpaired) electrons. The first-order valence-electron chi connectivity index (χ1n) is 7.41. The van der Waals surface area contributed by atoms with E-state index in [1.807, 2.05) is 30.3 Å². The van der Waals surface area contributed by atoms with Gasteiger partial charge in [0.2, 0.25) is 10.0 Å². The zero-order valence-corrected chi connectivity index (χ0v) is 13.5. The maximum absolute atomic E-state index is 12.8. The lowest BCUT2D eigenvalue weighted by Crippen LogP contribution is -2.29. The Bertz CT molecular complexity index is 702. The van der Waals surface area contributed by atoms with Crippen LogP contribution in [-0.4, -0.2) is 25.8 Å². The van der Waals surface area contributed by atoms with Gasteiger partial charge < -0.3 is 5.11 Å². The van der Waals surface area contributed by atoms with Crippen LogP contribution in [0.5, 0.6) is 0 Å². The number of rotatable bonds is 8. The van der Waals surface area contributed by atoms with Crippen LogP contribution in [0.4, 0.5) is 4.39 Å². The highest BCUT2D eigenvalue weighted by molar-refractivity contribution is 7.89. The van der Waals surface area contributed by atoms with E-state index in [0.29, 0.717) is 12.0 Å². The van der Waals surface area contributed by atoms with E-state index in [-0.39, 0.29) is 24.5 Å². The van der Waals surface area contributed by atoms with Gasteiger partial charge in [-0.2, -0.15) is 0 Å². The summed E-state index contributed by atoms with van der Waals surface area (Å²) in [7, 11) is -3.39. The van der Waals surface area contributed by atoms with Crippen molar-refractivity contribution in [2.45, 2.75) is 18.9 Å². The Morgan fingerprint density at radius 3 is 2.35 bits per heavy atom. The number of aliphatic hydroxyl groups is 1. The lowest BCUT2D eigenvalue weighted by Gasteiger charge is -2.12. The van der Waals surface area contributed by atoms with Crippen LogP contribution < -0.4 is 4.72 Å². The standard InChI is InChI=1S/C17H20FNO3S/c18-16-8-6-15(7-9-16)17(20)10-12-19-23(21,22)13-11-14-4-2-1-3-5-14/h1-9,17,19-20H,10-13H2. The first-order chi connectivity index (χ1) is 11.0. The van der Waals surface area contributed by atoms with Gasteiger partial charge in [-0.1, -0.05) is 42.5 Å². The van der Waals surface area contributed by atoms with Crippen molar-refractivity contribution in [1.29, 1.82) is 0 Å². The van der Waals surface area contributed by atoms with Gasteiger partial charge in [0.05, 0.1) is 11.9 Å². The second-order valence-electron chi connectivity index (χ2n) is 5.30. The Hall–Kier alpha value is -1.76. The molecule has 23 heavy (non-hydrogen) atoms. The summed E-state index contributed by atoms with van der Waals surface area (Å²) in [5, 5.41) is 9.96. The number of halogens is 1. The highest BCUT2D eigenvalue weighted by Gasteiger charge is 2.12. The maximum atomic E-state index is 12.8. The number of aryl methyl sites for hydroxylation is 1. The smallest absolute Gasteiger partial charge is 0.211 e.